The molecule has 0 atom stereocenters. The SMILES string of the molecule is Nc1cc(CN2CC(OCc3ccccc3)C2)cc(C(F)(F)F)c1. The van der Waals surface area contributed by atoms with E-state index in [0.717, 1.165) is 17.7 Å². The molecule has 1 aliphatic heterocycles. The molecule has 0 amide bonds. The van der Waals surface area contributed by atoms with Crippen LogP contribution in [-0.2, 0) is 24.1 Å². The van der Waals surface area contributed by atoms with Crippen LogP contribution in [-0.4, -0.2) is 24.1 Å². The van der Waals surface area contributed by atoms with Crippen molar-refractivity contribution in [2.75, 3.05) is 18.8 Å². The van der Waals surface area contributed by atoms with Gasteiger partial charge in [-0.2, -0.15) is 13.2 Å². The molecule has 3 nitrogen and oxygen atoms in total. The fourth-order valence-corrected chi connectivity index (χ4v) is 2.78. The molecule has 2 aromatic carbocycles. The number of likely N-dealkylation sites (tertiary alicyclic amines) is 1. The van der Waals surface area contributed by atoms with Crippen molar-refractivity contribution in [1.29, 1.82) is 0 Å². The van der Waals surface area contributed by atoms with E-state index in [9.17, 15) is 13.2 Å². The number of halogens is 3. The number of hydrogen-bond acceptors (Lipinski definition) is 3. The predicted octanol–water partition coefficient (Wildman–Crippen LogP) is 3.69. The highest BCUT2D eigenvalue weighted by Crippen LogP contribution is 2.32. The Balaban J connectivity index is 1.50. The highest BCUT2D eigenvalue weighted by Gasteiger charge is 2.32. The maximum atomic E-state index is 12.8. The van der Waals surface area contributed by atoms with Gasteiger partial charge in [-0.25, -0.2) is 0 Å². The van der Waals surface area contributed by atoms with E-state index < -0.39 is 11.7 Å². The standard InChI is InChI=1S/C18H19F3N2O/c19-18(20,21)15-6-14(7-16(22)8-15)9-23-10-17(11-23)24-12-13-4-2-1-3-5-13/h1-8,17H,9-12,22H2. The number of rotatable bonds is 5. The number of nitrogen functional groups attached to an aromatic ring is 1. The molecule has 24 heavy (non-hydrogen) atoms. The zero-order valence-corrected chi connectivity index (χ0v) is 13.1. The molecule has 0 aliphatic carbocycles. The van der Waals surface area contributed by atoms with Gasteiger partial charge in [0.05, 0.1) is 18.3 Å². The Hall–Kier alpha value is -2.05. The van der Waals surface area contributed by atoms with Gasteiger partial charge in [0.25, 0.3) is 0 Å². The summed E-state index contributed by atoms with van der Waals surface area (Å²) in [5.41, 5.74) is 6.71. The third-order valence-electron chi connectivity index (χ3n) is 4.00. The second-order valence-corrected chi connectivity index (χ2v) is 6.07. The molecule has 0 unspecified atom stereocenters. The average Bonchev–Trinajstić information content (AvgIpc) is 2.49. The van der Waals surface area contributed by atoms with Crippen molar-refractivity contribution in [3.63, 3.8) is 0 Å². The van der Waals surface area contributed by atoms with E-state index in [1.54, 1.807) is 6.07 Å². The Morgan fingerprint density at radius 3 is 2.42 bits per heavy atom. The molecular formula is C18H19F3N2O. The Labute approximate surface area is 138 Å². The van der Waals surface area contributed by atoms with E-state index in [4.69, 9.17) is 10.5 Å². The smallest absolute Gasteiger partial charge is 0.399 e. The lowest BCUT2D eigenvalue weighted by Gasteiger charge is -2.39. The number of alkyl halides is 3. The minimum Gasteiger partial charge on any atom is -0.399 e. The van der Waals surface area contributed by atoms with E-state index in [2.05, 4.69) is 0 Å². The third kappa shape index (κ3) is 4.27. The molecule has 0 saturated carbocycles. The van der Waals surface area contributed by atoms with Crippen LogP contribution in [0.5, 0.6) is 0 Å². The van der Waals surface area contributed by atoms with Crippen LogP contribution < -0.4 is 5.73 Å². The number of benzene rings is 2. The molecule has 6 heteroatoms. The summed E-state index contributed by atoms with van der Waals surface area (Å²) < 4.78 is 44.2. The van der Waals surface area contributed by atoms with Gasteiger partial charge in [-0.3, -0.25) is 4.90 Å². The molecule has 3 rings (SSSR count). The van der Waals surface area contributed by atoms with Crippen molar-refractivity contribution < 1.29 is 17.9 Å². The molecule has 1 fully saturated rings. The second kappa shape index (κ2) is 6.83. The van der Waals surface area contributed by atoms with E-state index in [-0.39, 0.29) is 11.8 Å². The first-order chi connectivity index (χ1) is 11.4. The molecule has 1 heterocycles. The lowest BCUT2D eigenvalue weighted by atomic mass is 10.1. The number of nitrogens with two attached hydrogens (primary N) is 1. The quantitative estimate of drug-likeness (QED) is 0.847. The third-order valence-corrected chi connectivity index (χ3v) is 4.00. The van der Waals surface area contributed by atoms with Crippen LogP contribution in [0.1, 0.15) is 16.7 Å². The number of ether oxygens (including phenoxy) is 1. The van der Waals surface area contributed by atoms with E-state index in [0.29, 0.717) is 31.8 Å². The molecule has 0 radical (unpaired) electrons. The first-order valence-electron chi connectivity index (χ1n) is 7.75. The van der Waals surface area contributed by atoms with E-state index in [1.807, 2.05) is 35.2 Å². The van der Waals surface area contributed by atoms with Crippen LogP contribution >= 0.6 is 0 Å². The molecule has 1 saturated heterocycles. The van der Waals surface area contributed by atoms with E-state index >= 15 is 0 Å². The predicted molar refractivity (Wildman–Crippen MR) is 86.2 cm³/mol. The van der Waals surface area contributed by atoms with Gasteiger partial charge in [0, 0.05) is 25.3 Å². The zero-order valence-electron chi connectivity index (χ0n) is 13.1. The first-order valence-corrected chi connectivity index (χ1v) is 7.75. The fraction of sp³-hybridized carbons (Fsp3) is 0.333. The summed E-state index contributed by atoms with van der Waals surface area (Å²) in [6, 6.07) is 13.6. The zero-order chi connectivity index (χ0) is 17.2. The number of nitrogens with zero attached hydrogens (tertiary/aromatic N) is 1. The molecule has 0 spiro atoms. The Morgan fingerprint density at radius 1 is 1.04 bits per heavy atom. The maximum absolute atomic E-state index is 12.8. The van der Waals surface area contributed by atoms with Crippen molar-refractivity contribution in [3.05, 3.63) is 65.2 Å². The monoisotopic (exact) mass is 336 g/mol. The van der Waals surface area contributed by atoms with Gasteiger partial charge in [0.15, 0.2) is 0 Å². The van der Waals surface area contributed by atoms with Crippen LogP contribution in [0.4, 0.5) is 18.9 Å². The Kier molecular flexibility index (Phi) is 4.78. The van der Waals surface area contributed by atoms with Crippen LogP contribution in [0.15, 0.2) is 48.5 Å². The highest BCUT2D eigenvalue weighted by molar-refractivity contribution is 5.45. The van der Waals surface area contributed by atoms with Gasteiger partial charge in [-0.15, -0.1) is 0 Å². The topological polar surface area (TPSA) is 38.5 Å². The minimum absolute atomic E-state index is 0.119. The summed E-state index contributed by atoms with van der Waals surface area (Å²) in [6.45, 7) is 2.42. The van der Waals surface area contributed by atoms with Gasteiger partial charge >= 0.3 is 6.18 Å². The average molecular weight is 336 g/mol. The minimum atomic E-state index is -4.37. The summed E-state index contributed by atoms with van der Waals surface area (Å²) in [7, 11) is 0. The van der Waals surface area contributed by atoms with Crippen molar-refractivity contribution >= 4 is 5.69 Å². The molecule has 2 aromatic rings. The first kappa shape index (κ1) is 16.8. The molecule has 128 valence electrons. The summed E-state index contributed by atoms with van der Waals surface area (Å²) >= 11 is 0. The lowest BCUT2D eigenvalue weighted by molar-refractivity contribution is -0.137. The fourth-order valence-electron chi connectivity index (χ4n) is 2.78. The molecule has 2 N–H and O–H groups in total. The summed E-state index contributed by atoms with van der Waals surface area (Å²) in [5, 5.41) is 0. The van der Waals surface area contributed by atoms with Crippen LogP contribution in [0, 0.1) is 0 Å². The highest BCUT2D eigenvalue weighted by atomic mass is 19.4. The molecule has 0 bridgehead atoms. The van der Waals surface area contributed by atoms with Gasteiger partial charge in [-0.05, 0) is 29.3 Å². The van der Waals surface area contributed by atoms with Crippen LogP contribution in [0.3, 0.4) is 0 Å². The number of hydrogen-bond donors (Lipinski definition) is 1. The molecule has 0 aromatic heterocycles. The van der Waals surface area contributed by atoms with Crippen molar-refractivity contribution in [1.82, 2.24) is 4.90 Å². The van der Waals surface area contributed by atoms with Crippen molar-refractivity contribution in [3.8, 4) is 0 Å². The maximum Gasteiger partial charge on any atom is 0.416 e. The molecule has 1 aliphatic rings. The van der Waals surface area contributed by atoms with Gasteiger partial charge in [-0.1, -0.05) is 30.3 Å². The largest absolute Gasteiger partial charge is 0.416 e. The van der Waals surface area contributed by atoms with Crippen molar-refractivity contribution in [2.45, 2.75) is 25.4 Å². The molecular weight excluding hydrogens is 317 g/mol. The van der Waals surface area contributed by atoms with Crippen LogP contribution in [0.25, 0.3) is 0 Å². The summed E-state index contributed by atoms with van der Waals surface area (Å²) in [4.78, 5) is 2.05. The lowest BCUT2D eigenvalue weighted by Crippen LogP contribution is -2.51. The summed E-state index contributed by atoms with van der Waals surface area (Å²) in [6.07, 6.45) is -4.26. The normalized spacial score (nSPS) is 16.1. The van der Waals surface area contributed by atoms with Crippen LogP contribution in [0.2, 0.25) is 0 Å². The van der Waals surface area contributed by atoms with Gasteiger partial charge in [0.1, 0.15) is 0 Å². The van der Waals surface area contributed by atoms with Crippen molar-refractivity contribution in [2.24, 2.45) is 0 Å². The van der Waals surface area contributed by atoms with Gasteiger partial charge in [0.2, 0.25) is 0 Å². The van der Waals surface area contributed by atoms with Gasteiger partial charge < -0.3 is 10.5 Å². The second-order valence-electron chi connectivity index (χ2n) is 6.07. The Bertz CT molecular complexity index is 682. The Morgan fingerprint density at radius 2 is 1.75 bits per heavy atom. The van der Waals surface area contributed by atoms with E-state index in [1.165, 1.54) is 0 Å². The number of anilines is 1. The summed E-state index contributed by atoms with van der Waals surface area (Å²) in [5.74, 6) is 0.